The fraction of sp³-hybridized carbons (Fsp3) is 0.500. The van der Waals surface area contributed by atoms with Gasteiger partial charge in [0.15, 0.2) is 14.9 Å². The minimum absolute atomic E-state index is 0.0900. The van der Waals surface area contributed by atoms with Gasteiger partial charge in [0.2, 0.25) is 0 Å². The van der Waals surface area contributed by atoms with E-state index in [1.165, 1.54) is 6.26 Å². The first kappa shape index (κ1) is 24.2. The minimum atomic E-state index is -3.31. The number of nitrogens with zero attached hydrogens (tertiary/aromatic N) is 3. The normalized spacial score (nSPS) is 21.1. The van der Waals surface area contributed by atoms with E-state index >= 15 is 0 Å². The van der Waals surface area contributed by atoms with Gasteiger partial charge in [-0.2, -0.15) is 0 Å². The number of hydrogen-bond donors (Lipinski definition) is 1. The maximum absolute atomic E-state index is 11.7. The molecule has 0 amide bonds. The zero-order valence-electron chi connectivity index (χ0n) is 20.4. The molecule has 4 heterocycles. The van der Waals surface area contributed by atoms with Crippen molar-refractivity contribution >= 4 is 21.3 Å². The second-order valence-corrected chi connectivity index (χ2v) is 11.9. The van der Waals surface area contributed by atoms with Crippen LogP contribution in [0.4, 0.5) is 5.69 Å². The molecule has 8 nitrogen and oxygen atoms in total. The van der Waals surface area contributed by atoms with Crippen LogP contribution in [0.15, 0.2) is 42.1 Å². The lowest BCUT2D eigenvalue weighted by molar-refractivity contribution is -0.0943. The molecular formula is C26H33N3O5S. The van der Waals surface area contributed by atoms with Gasteiger partial charge in [-0.15, -0.1) is 0 Å². The maximum Gasteiger partial charge on any atom is 0.192 e. The number of sulfone groups is 1. The summed E-state index contributed by atoms with van der Waals surface area (Å²) < 4.78 is 35.3. The fourth-order valence-corrected chi connectivity index (χ4v) is 6.01. The highest BCUT2D eigenvalue weighted by atomic mass is 32.2. The Hall–Kier alpha value is -2.46. The van der Waals surface area contributed by atoms with Crippen LogP contribution in [0.3, 0.4) is 0 Å². The monoisotopic (exact) mass is 499 g/mol. The summed E-state index contributed by atoms with van der Waals surface area (Å²) in [5.74, 6) is 0.703. The Labute approximate surface area is 207 Å². The largest absolute Gasteiger partial charge is 0.489 e. The van der Waals surface area contributed by atoms with Gasteiger partial charge in [-0.25, -0.2) is 13.4 Å². The molecule has 2 aromatic rings. The van der Waals surface area contributed by atoms with E-state index in [0.717, 1.165) is 67.0 Å². The molecule has 2 saturated heterocycles. The number of pyridine rings is 1. The van der Waals surface area contributed by atoms with Crippen LogP contribution in [0, 0.1) is 6.92 Å². The molecule has 5 rings (SSSR count). The number of morpholine rings is 1. The molecular weight excluding hydrogens is 466 g/mol. The van der Waals surface area contributed by atoms with E-state index in [2.05, 4.69) is 21.4 Å². The lowest BCUT2D eigenvalue weighted by Crippen LogP contribution is -2.57. The van der Waals surface area contributed by atoms with Gasteiger partial charge in [-0.05, 0) is 43.0 Å². The molecule has 9 heteroatoms. The molecule has 1 aromatic heterocycles. The summed E-state index contributed by atoms with van der Waals surface area (Å²) >= 11 is 0. The van der Waals surface area contributed by atoms with E-state index < -0.39 is 15.9 Å². The van der Waals surface area contributed by atoms with Crippen LogP contribution < -0.4 is 4.90 Å². The topological polar surface area (TPSA) is 92.2 Å². The van der Waals surface area contributed by atoms with Crippen molar-refractivity contribution in [3.8, 4) is 0 Å². The fourth-order valence-electron chi connectivity index (χ4n) is 5.45. The highest BCUT2D eigenvalue weighted by Crippen LogP contribution is 2.36. The Morgan fingerprint density at radius 2 is 1.97 bits per heavy atom. The Balaban J connectivity index is 1.20. The smallest absolute Gasteiger partial charge is 0.192 e. The van der Waals surface area contributed by atoms with Crippen molar-refractivity contribution in [2.75, 3.05) is 50.5 Å². The molecule has 0 saturated carbocycles. The molecule has 1 atom stereocenters. The lowest BCUT2D eigenvalue weighted by atomic mass is 9.88. The summed E-state index contributed by atoms with van der Waals surface area (Å²) in [5.41, 5.74) is 4.88. The van der Waals surface area contributed by atoms with Gasteiger partial charge in [-0.1, -0.05) is 18.7 Å². The number of aliphatic hydroxyl groups is 1. The van der Waals surface area contributed by atoms with Gasteiger partial charge >= 0.3 is 0 Å². The van der Waals surface area contributed by atoms with Crippen LogP contribution in [-0.2, 0) is 25.9 Å². The van der Waals surface area contributed by atoms with E-state index in [0.29, 0.717) is 25.5 Å². The number of aromatic nitrogens is 1. The van der Waals surface area contributed by atoms with Gasteiger partial charge < -0.3 is 24.4 Å². The quantitative estimate of drug-likeness (QED) is 0.672. The predicted octanol–water partition coefficient (Wildman–Crippen LogP) is 2.70. The summed E-state index contributed by atoms with van der Waals surface area (Å²) in [6.45, 7) is 10.9. The first-order valence-corrected chi connectivity index (χ1v) is 13.9. The van der Waals surface area contributed by atoms with Crippen LogP contribution in [0.1, 0.15) is 41.2 Å². The van der Waals surface area contributed by atoms with Gasteiger partial charge in [0.05, 0.1) is 30.2 Å². The summed E-state index contributed by atoms with van der Waals surface area (Å²) in [4.78, 5) is 8.69. The Kier molecular flexibility index (Phi) is 6.37. The van der Waals surface area contributed by atoms with Crippen molar-refractivity contribution in [3.05, 3.63) is 59.3 Å². The second kappa shape index (κ2) is 9.20. The Morgan fingerprint density at radius 1 is 1.20 bits per heavy atom. The number of piperidine rings is 1. The van der Waals surface area contributed by atoms with Gasteiger partial charge in [0.25, 0.3) is 0 Å². The molecule has 0 radical (unpaired) electrons. The number of likely N-dealkylation sites (tertiary alicyclic amines) is 1. The van der Waals surface area contributed by atoms with Crippen molar-refractivity contribution < 1.29 is 23.0 Å². The highest BCUT2D eigenvalue weighted by Gasteiger charge is 2.40. The molecule has 1 spiro atoms. The number of aliphatic hydroxyl groups excluding tert-OH is 1. The molecule has 1 N–H and O–H groups in total. The maximum atomic E-state index is 11.7. The number of benzene rings is 1. The third-order valence-electron chi connectivity index (χ3n) is 7.60. The number of ether oxygens (including phenoxy) is 2. The van der Waals surface area contributed by atoms with E-state index in [1.54, 1.807) is 12.3 Å². The molecule has 0 aliphatic carbocycles. The van der Waals surface area contributed by atoms with Crippen LogP contribution in [-0.4, -0.2) is 74.6 Å². The first-order valence-electron chi connectivity index (χ1n) is 12.1. The minimum Gasteiger partial charge on any atom is -0.489 e. The van der Waals surface area contributed by atoms with Crippen molar-refractivity contribution in [1.82, 2.24) is 9.88 Å². The van der Waals surface area contributed by atoms with Crippen LogP contribution >= 0.6 is 0 Å². The second-order valence-electron chi connectivity index (χ2n) is 9.91. The summed E-state index contributed by atoms with van der Waals surface area (Å²) in [6, 6.07) is 7.39. The molecule has 0 bridgehead atoms. The van der Waals surface area contributed by atoms with E-state index in [-0.39, 0.29) is 10.6 Å². The summed E-state index contributed by atoms with van der Waals surface area (Å²) in [5, 5.41) is 11.1. The van der Waals surface area contributed by atoms with Crippen molar-refractivity contribution in [2.45, 2.75) is 43.1 Å². The van der Waals surface area contributed by atoms with Crippen LogP contribution in [0.25, 0.3) is 5.76 Å². The van der Waals surface area contributed by atoms with Crippen molar-refractivity contribution in [3.63, 3.8) is 0 Å². The average molecular weight is 500 g/mol. The van der Waals surface area contributed by atoms with E-state index in [1.807, 2.05) is 25.1 Å². The van der Waals surface area contributed by atoms with Gasteiger partial charge in [-0.3, -0.25) is 0 Å². The number of hydrogen-bond acceptors (Lipinski definition) is 8. The SMILES string of the molecule is C=C1OCc2c1ccc([C@@H](O)CN1CCC3(CC1)CN(c1ccc(S(C)(=O)=O)nc1)CCO3)c2C. The van der Waals surface area contributed by atoms with Crippen LogP contribution in [0.2, 0.25) is 0 Å². The molecule has 3 aliphatic heterocycles. The number of rotatable bonds is 5. The lowest BCUT2D eigenvalue weighted by Gasteiger charge is -2.48. The first-order chi connectivity index (χ1) is 16.7. The number of anilines is 1. The molecule has 2 fully saturated rings. The molecule has 35 heavy (non-hydrogen) atoms. The molecule has 188 valence electrons. The average Bonchev–Trinajstić information content (AvgIpc) is 3.22. The number of fused-ring (bicyclic) bond motifs is 1. The summed E-state index contributed by atoms with van der Waals surface area (Å²) in [6.07, 6.45) is 4.00. The van der Waals surface area contributed by atoms with E-state index in [9.17, 15) is 13.5 Å². The predicted molar refractivity (Wildman–Crippen MR) is 134 cm³/mol. The van der Waals surface area contributed by atoms with Crippen molar-refractivity contribution in [1.29, 1.82) is 0 Å². The molecule has 3 aliphatic rings. The highest BCUT2D eigenvalue weighted by molar-refractivity contribution is 7.90. The zero-order chi connectivity index (χ0) is 24.8. The zero-order valence-corrected chi connectivity index (χ0v) is 21.2. The third-order valence-corrected chi connectivity index (χ3v) is 8.60. The van der Waals surface area contributed by atoms with Crippen molar-refractivity contribution in [2.24, 2.45) is 0 Å². The Morgan fingerprint density at radius 3 is 2.66 bits per heavy atom. The van der Waals surface area contributed by atoms with Crippen LogP contribution in [0.5, 0.6) is 0 Å². The summed E-state index contributed by atoms with van der Waals surface area (Å²) in [7, 11) is -3.31. The third kappa shape index (κ3) is 4.82. The van der Waals surface area contributed by atoms with Gasteiger partial charge in [0, 0.05) is 50.1 Å². The standard InChI is InChI=1S/C26H33N3O5S/c1-18-21(5-6-22-19(2)33-16-23(18)22)24(30)15-28-10-8-26(9-11-28)17-29(12-13-34-26)20-4-7-25(27-14-20)35(3,31)32/h4-7,14,24,30H,2,8-13,15-17H2,1,3H3/t24-/m0/s1. The molecule has 1 aromatic carbocycles. The van der Waals surface area contributed by atoms with Gasteiger partial charge in [0.1, 0.15) is 12.4 Å². The Bertz CT molecular complexity index is 1220. The number of β-amino-alcohol motifs (C(OH)–C–C–N with tert-alkyl or cyclic N) is 1. The molecule has 0 unspecified atom stereocenters. The van der Waals surface area contributed by atoms with E-state index in [4.69, 9.17) is 9.47 Å².